The third-order valence-corrected chi connectivity index (χ3v) is 4.74. The summed E-state index contributed by atoms with van der Waals surface area (Å²) in [6.45, 7) is 6.20. The van der Waals surface area contributed by atoms with Crippen molar-refractivity contribution in [3.05, 3.63) is 0 Å². The molecule has 1 saturated heterocycles. The van der Waals surface area contributed by atoms with Gasteiger partial charge >= 0.3 is 0 Å². The zero-order chi connectivity index (χ0) is 9.43. The molecule has 1 nitrogen and oxygen atoms in total. The van der Waals surface area contributed by atoms with E-state index in [2.05, 4.69) is 13.8 Å². The first-order valence-electron chi connectivity index (χ1n) is 5.28. The van der Waals surface area contributed by atoms with Crippen molar-refractivity contribution in [2.75, 3.05) is 0 Å². The van der Waals surface area contributed by atoms with Gasteiger partial charge in [0.2, 0.25) is 0 Å². The SMILES string of the molecule is C[C@@H]1O[C@@H]2[C@@]3(C)C[C@H]3C[C@]2(C)[C@H]1F. The maximum Gasteiger partial charge on any atom is 0.134 e. The summed E-state index contributed by atoms with van der Waals surface area (Å²) < 4.78 is 19.7. The summed E-state index contributed by atoms with van der Waals surface area (Å²) >= 11 is 0. The molecule has 0 unspecified atom stereocenters. The van der Waals surface area contributed by atoms with E-state index in [9.17, 15) is 4.39 Å². The number of fused-ring (bicyclic) bond motifs is 3. The van der Waals surface area contributed by atoms with Gasteiger partial charge in [0.15, 0.2) is 0 Å². The van der Waals surface area contributed by atoms with Crippen LogP contribution in [0.3, 0.4) is 0 Å². The molecule has 0 aromatic carbocycles. The first-order chi connectivity index (χ1) is 5.98. The average Bonchev–Trinajstić information content (AvgIpc) is 2.56. The Morgan fingerprint density at radius 3 is 2.46 bits per heavy atom. The van der Waals surface area contributed by atoms with Crippen molar-refractivity contribution >= 4 is 0 Å². The van der Waals surface area contributed by atoms with E-state index in [0.717, 1.165) is 12.3 Å². The molecular weight excluding hydrogens is 167 g/mol. The van der Waals surface area contributed by atoms with Crippen molar-refractivity contribution in [3.63, 3.8) is 0 Å². The third-order valence-electron chi connectivity index (χ3n) is 4.74. The molecule has 74 valence electrons. The Hall–Kier alpha value is -0.110. The molecular formula is C11H17FO. The van der Waals surface area contributed by atoms with Gasteiger partial charge in [-0.05, 0) is 31.1 Å². The molecule has 3 aliphatic rings. The van der Waals surface area contributed by atoms with Crippen LogP contribution in [-0.2, 0) is 4.74 Å². The number of alkyl halides is 1. The molecule has 1 aliphatic heterocycles. The zero-order valence-electron chi connectivity index (χ0n) is 8.51. The van der Waals surface area contributed by atoms with E-state index in [1.165, 1.54) is 6.42 Å². The lowest BCUT2D eigenvalue weighted by Crippen LogP contribution is -2.35. The van der Waals surface area contributed by atoms with E-state index in [1.807, 2.05) is 6.92 Å². The molecule has 3 rings (SSSR count). The quantitative estimate of drug-likeness (QED) is 0.562. The number of ether oxygens (including phenoxy) is 1. The summed E-state index contributed by atoms with van der Waals surface area (Å²) in [6.07, 6.45) is 1.55. The van der Waals surface area contributed by atoms with Crippen LogP contribution in [0.25, 0.3) is 0 Å². The topological polar surface area (TPSA) is 9.23 Å². The van der Waals surface area contributed by atoms with E-state index < -0.39 is 6.17 Å². The lowest BCUT2D eigenvalue weighted by Gasteiger charge is -2.29. The molecule has 0 bridgehead atoms. The second-order valence-corrected chi connectivity index (χ2v) is 5.74. The Morgan fingerprint density at radius 2 is 1.85 bits per heavy atom. The van der Waals surface area contributed by atoms with Crippen LogP contribution in [0.15, 0.2) is 0 Å². The molecule has 2 saturated carbocycles. The van der Waals surface area contributed by atoms with Crippen molar-refractivity contribution in [2.24, 2.45) is 16.7 Å². The fourth-order valence-electron chi connectivity index (χ4n) is 3.88. The minimum Gasteiger partial charge on any atom is -0.371 e. The van der Waals surface area contributed by atoms with Crippen LogP contribution < -0.4 is 0 Å². The second kappa shape index (κ2) is 1.95. The predicted octanol–water partition coefficient (Wildman–Crippen LogP) is 2.55. The Kier molecular flexibility index (Phi) is 1.23. The molecule has 0 radical (unpaired) electrons. The maximum absolute atomic E-state index is 13.9. The van der Waals surface area contributed by atoms with E-state index in [0.29, 0.717) is 5.41 Å². The number of rotatable bonds is 0. The van der Waals surface area contributed by atoms with E-state index >= 15 is 0 Å². The van der Waals surface area contributed by atoms with Gasteiger partial charge in [0, 0.05) is 5.41 Å². The van der Waals surface area contributed by atoms with Gasteiger partial charge < -0.3 is 4.74 Å². The van der Waals surface area contributed by atoms with E-state index in [4.69, 9.17) is 4.74 Å². The predicted molar refractivity (Wildman–Crippen MR) is 48.2 cm³/mol. The van der Waals surface area contributed by atoms with Gasteiger partial charge in [-0.1, -0.05) is 13.8 Å². The molecule has 0 spiro atoms. The molecule has 2 heteroatoms. The van der Waals surface area contributed by atoms with Crippen LogP contribution in [0, 0.1) is 16.7 Å². The summed E-state index contributed by atoms with van der Waals surface area (Å²) in [7, 11) is 0. The highest BCUT2D eigenvalue weighted by molar-refractivity contribution is 5.21. The zero-order valence-corrected chi connectivity index (χ0v) is 8.51. The summed E-state index contributed by atoms with van der Waals surface area (Å²) in [6, 6.07) is 0. The fourth-order valence-corrected chi connectivity index (χ4v) is 3.88. The first-order valence-corrected chi connectivity index (χ1v) is 5.28. The largest absolute Gasteiger partial charge is 0.371 e. The number of hydrogen-bond donors (Lipinski definition) is 0. The Bertz CT molecular complexity index is 267. The van der Waals surface area contributed by atoms with E-state index in [1.54, 1.807) is 0 Å². The lowest BCUT2D eigenvalue weighted by atomic mass is 9.77. The van der Waals surface area contributed by atoms with Crippen LogP contribution in [-0.4, -0.2) is 18.4 Å². The monoisotopic (exact) mass is 184 g/mol. The van der Waals surface area contributed by atoms with Crippen LogP contribution in [0.4, 0.5) is 4.39 Å². The number of halogens is 1. The molecule has 0 amide bonds. The van der Waals surface area contributed by atoms with Gasteiger partial charge in [0.1, 0.15) is 6.17 Å². The van der Waals surface area contributed by atoms with Crippen molar-refractivity contribution in [2.45, 2.75) is 52.0 Å². The van der Waals surface area contributed by atoms with Crippen LogP contribution in [0.2, 0.25) is 0 Å². The highest BCUT2D eigenvalue weighted by Gasteiger charge is 2.73. The van der Waals surface area contributed by atoms with Gasteiger partial charge in [-0.15, -0.1) is 0 Å². The molecule has 2 aliphatic carbocycles. The van der Waals surface area contributed by atoms with E-state index in [-0.39, 0.29) is 17.6 Å². The Labute approximate surface area is 78.7 Å². The molecule has 13 heavy (non-hydrogen) atoms. The molecule has 0 N–H and O–H groups in total. The smallest absolute Gasteiger partial charge is 0.134 e. The highest BCUT2D eigenvalue weighted by Crippen LogP contribution is 2.73. The van der Waals surface area contributed by atoms with Crippen LogP contribution in [0.1, 0.15) is 33.6 Å². The van der Waals surface area contributed by atoms with Gasteiger partial charge in [-0.25, -0.2) is 4.39 Å². The fraction of sp³-hybridized carbons (Fsp3) is 1.00. The summed E-state index contributed by atoms with van der Waals surface area (Å²) in [5.41, 5.74) is 0.154. The molecule has 6 atom stereocenters. The Balaban J connectivity index is 1.99. The van der Waals surface area contributed by atoms with Crippen molar-refractivity contribution in [1.82, 2.24) is 0 Å². The van der Waals surface area contributed by atoms with Crippen molar-refractivity contribution in [3.8, 4) is 0 Å². The molecule has 0 aromatic heterocycles. The number of hydrogen-bond acceptors (Lipinski definition) is 1. The van der Waals surface area contributed by atoms with Crippen molar-refractivity contribution < 1.29 is 9.13 Å². The average molecular weight is 184 g/mol. The standard InChI is InChI=1S/C11H17FO/c1-6-8(12)11(3)5-7-4-10(7,2)9(11)13-6/h6-9H,4-5H2,1-3H3/t6-,7-,8-,9+,10-,11+/m0/s1. The first kappa shape index (κ1) is 8.22. The van der Waals surface area contributed by atoms with Crippen LogP contribution in [0.5, 0.6) is 0 Å². The highest BCUT2D eigenvalue weighted by atomic mass is 19.1. The summed E-state index contributed by atoms with van der Waals surface area (Å²) in [4.78, 5) is 0. The molecule has 0 aromatic rings. The van der Waals surface area contributed by atoms with Crippen LogP contribution >= 0.6 is 0 Å². The normalized spacial score (nSPS) is 69.2. The maximum atomic E-state index is 13.9. The van der Waals surface area contributed by atoms with Crippen molar-refractivity contribution in [1.29, 1.82) is 0 Å². The minimum atomic E-state index is -0.748. The van der Waals surface area contributed by atoms with Gasteiger partial charge in [-0.3, -0.25) is 0 Å². The Morgan fingerprint density at radius 1 is 1.23 bits per heavy atom. The van der Waals surface area contributed by atoms with Gasteiger partial charge in [0.05, 0.1) is 12.2 Å². The second-order valence-electron chi connectivity index (χ2n) is 5.74. The van der Waals surface area contributed by atoms with Gasteiger partial charge in [-0.2, -0.15) is 0 Å². The lowest BCUT2D eigenvalue weighted by molar-refractivity contribution is -0.00654. The summed E-state index contributed by atoms with van der Waals surface area (Å²) in [5.74, 6) is 0.744. The molecule has 1 heterocycles. The summed E-state index contributed by atoms with van der Waals surface area (Å²) in [5, 5.41) is 0. The minimum absolute atomic E-state index is 0.170. The van der Waals surface area contributed by atoms with Gasteiger partial charge in [0.25, 0.3) is 0 Å². The third kappa shape index (κ3) is 0.731. The molecule has 3 fully saturated rings.